The third-order valence-corrected chi connectivity index (χ3v) is 8.72. The van der Waals surface area contributed by atoms with E-state index >= 15 is 0 Å². The number of carbonyl (C=O) groups is 1. The highest BCUT2D eigenvalue weighted by Crippen LogP contribution is 2.45. The van der Waals surface area contributed by atoms with Crippen molar-refractivity contribution in [2.24, 2.45) is 11.8 Å². The van der Waals surface area contributed by atoms with Crippen molar-refractivity contribution in [3.8, 4) is 5.13 Å². The summed E-state index contributed by atoms with van der Waals surface area (Å²) in [5.41, 5.74) is 2.19. The van der Waals surface area contributed by atoms with Gasteiger partial charge >= 0.3 is 0 Å². The molecule has 1 aliphatic carbocycles. The summed E-state index contributed by atoms with van der Waals surface area (Å²) >= 11 is 1.61. The van der Waals surface area contributed by atoms with E-state index in [0.717, 1.165) is 35.6 Å². The lowest BCUT2D eigenvalue weighted by atomic mass is 9.68. The maximum absolute atomic E-state index is 13.7. The van der Waals surface area contributed by atoms with Crippen LogP contribution in [0.1, 0.15) is 53.9 Å². The molecule has 3 saturated heterocycles. The molecular weight excluding hydrogens is 392 g/mol. The maximum Gasteiger partial charge on any atom is 0.274 e. The summed E-state index contributed by atoms with van der Waals surface area (Å²) in [6, 6.07) is 5.02. The fourth-order valence-electron chi connectivity index (χ4n) is 6.49. The Balaban J connectivity index is 1.31. The number of rotatable bonds is 2. The number of piperidine rings is 3. The molecule has 4 aliphatic rings. The van der Waals surface area contributed by atoms with Crippen LogP contribution >= 0.6 is 11.3 Å². The van der Waals surface area contributed by atoms with Crippen LogP contribution in [0.15, 0.2) is 36.2 Å². The Labute approximate surface area is 182 Å². The van der Waals surface area contributed by atoms with Crippen LogP contribution in [0, 0.1) is 18.8 Å². The van der Waals surface area contributed by atoms with E-state index in [9.17, 15) is 4.79 Å². The van der Waals surface area contributed by atoms with Gasteiger partial charge in [0, 0.05) is 36.4 Å². The van der Waals surface area contributed by atoms with Crippen LogP contribution in [0.25, 0.3) is 5.13 Å². The molecule has 0 radical (unpaired) electrons. The lowest BCUT2D eigenvalue weighted by molar-refractivity contribution is 0.00131. The molecule has 5 nitrogen and oxygen atoms in total. The molecule has 0 aromatic carbocycles. The van der Waals surface area contributed by atoms with Crippen LogP contribution in [0.3, 0.4) is 0 Å². The van der Waals surface area contributed by atoms with Gasteiger partial charge in [0.1, 0.15) is 5.69 Å². The number of hydrogen-bond acceptors (Lipinski definition) is 4. The van der Waals surface area contributed by atoms with Crippen molar-refractivity contribution < 1.29 is 4.79 Å². The van der Waals surface area contributed by atoms with Gasteiger partial charge in [0.05, 0.1) is 6.04 Å². The van der Waals surface area contributed by atoms with Gasteiger partial charge in [-0.05, 0) is 69.5 Å². The average molecular weight is 423 g/mol. The number of likely N-dealkylation sites (tertiary alicyclic amines) is 1. The quantitative estimate of drug-likeness (QED) is 0.679. The number of aryl methyl sites for hydroxylation is 1. The van der Waals surface area contributed by atoms with E-state index in [0.29, 0.717) is 17.5 Å². The Hall–Kier alpha value is -1.92. The van der Waals surface area contributed by atoms with E-state index in [1.165, 1.54) is 38.6 Å². The lowest BCUT2D eigenvalue weighted by Crippen LogP contribution is -2.60. The molecule has 2 aromatic heterocycles. The van der Waals surface area contributed by atoms with Crippen LogP contribution in [-0.4, -0.2) is 57.0 Å². The van der Waals surface area contributed by atoms with Gasteiger partial charge in [0.15, 0.2) is 5.13 Å². The van der Waals surface area contributed by atoms with Crippen LogP contribution < -0.4 is 0 Å². The number of aromatic nitrogens is 2. The van der Waals surface area contributed by atoms with Gasteiger partial charge in [0.25, 0.3) is 5.91 Å². The minimum atomic E-state index is 0.136. The predicted octanol–water partition coefficient (Wildman–Crippen LogP) is 4.28. The van der Waals surface area contributed by atoms with E-state index in [1.807, 2.05) is 36.0 Å². The number of thiazole rings is 1. The van der Waals surface area contributed by atoms with E-state index in [2.05, 4.69) is 15.9 Å². The molecule has 0 N–H and O–H groups in total. The summed E-state index contributed by atoms with van der Waals surface area (Å²) in [5, 5.41) is 0.881. The number of nitrogens with zero attached hydrogens (tertiary/aromatic N) is 4. The number of hydrogen-bond donors (Lipinski definition) is 0. The molecule has 6 heteroatoms. The highest BCUT2D eigenvalue weighted by molar-refractivity contribution is 7.14. The SMILES string of the molecule is Cc1sc(-n2cccc2)nc1C(=O)N1CCCC2=CC3CC(CN4CCCCC34)C21. The van der Waals surface area contributed by atoms with E-state index < -0.39 is 0 Å². The Bertz CT molecular complexity index is 978. The number of amides is 1. The summed E-state index contributed by atoms with van der Waals surface area (Å²) in [5.74, 6) is 1.42. The van der Waals surface area contributed by atoms with Gasteiger partial charge in [-0.25, -0.2) is 4.98 Å². The van der Waals surface area contributed by atoms with Gasteiger partial charge in [-0.15, -0.1) is 11.3 Å². The zero-order chi connectivity index (χ0) is 20.2. The largest absolute Gasteiger partial charge is 0.330 e. The fourth-order valence-corrected chi connectivity index (χ4v) is 7.36. The molecule has 4 atom stereocenters. The standard InChI is InChI=1S/C24H30N4OS/c1-16-21(25-24(30-16)26-9-4-5-10-26)23(29)28-12-6-7-17-13-18-14-19(22(17)28)15-27-11-3-2-8-20(18)27/h4-5,9-10,13,18-20,22H,2-3,6-8,11-12,14-15H2,1H3. The molecule has 0 spiro atoms. The molecule has 30 heavy (non-hydrogen) atoms. The Morgan fingerprint density at radius 3 is 2.90 bits per heavy atom. The second-order valence-electron chi connectivity index (χ2n) is 9.50. The van der Waals surface area contributed by atoms with Crippen molar-refractivity contribution in [1.29, 1.82) is 0 Å². The Kier molecular flexibility index (Phi) is 4.61. The summed E-state index contributed by atoms with van der Waals surface area (Å²) in [6.07, 6.45) is 14.1. The van der Waals surface area contributed by atoms with Gasteiger partial charge < -0.3 is 9.47 Å². The van der Waals surface area contributed by atoms with Crippen molar-refractivity contribution in [2.75, 3.05) is 19.6 Å². The minimum absolute atomic E-state index is 0.136. The third-order valence-electron chi connectivity index (χ3n) is 7.73. The van der Waals surface area contributed by atoms with Gasteiger partial charge in [0.2, 0.25) is 0 Å². The van der Waals surface area contributed by atoms with Crippen LogP contribution in [0.2, 0.25) is 0 Å². The van der Waals surface area contributed by atoms with E-state index in [4.69, 9.17) is 4.98 Å². The molecule has 2 bridgehead atoms. The molecule has 5 heterocycles. The lowest BCUT2D eigenvalue weighted by Gasteiger charge is -2.54. The predicted molar refractivity (Wildman–Crippen MR) is 119 cm³/mol. The first-order valence-corrected chi connectivity index (χ1v) is 12.4. The van der Waals surface area contributed by atoms with Gasteiger partial charge in [-0.3, -0.25) is 9.69 Å². The summed E-state index contributed by atoms with van der Waals surface area (Å²) in [6.45, 7) is 5.31. The van der Waals surface area contributed by atoms with Crippen molar-refractivity contribution in [2.45, 2.75) is 57.5 Å². The first-order chi connectivity index (χ1) is 14.7. The summed E-state index contributed by atoms with van der Waals surface area (Å²) in [4.78, 5) is 24.4. The van der Waals surface area contributed by atoms with E-state index in [1.54, 1.807) is 16.9 Å². The zero-order valence-corrected chi connectivity index (χ0v) is 18.5. The second kappa shape index (κ2) is 7.34. The number of carbonyl (C=O) groups excluding carboxylic acids is 1. The van der Waals surface area contributed by atoms with Crippen molar-refractivity contribution in [3.05, 3.63) is 46.7 Å². The zero-order valence-electron chi connectivity index (χ0n) is 17.7. The van der Waals surface area contributed by atoms with E-state index in [-0.39, 0.29) is 11.9 Å². The highest BCUT2D eigenvalue weighted by Gasteiger charge is 2.47. The van der Waals surface area contributed by atoms with Crippen LogP contribution in [0.4, 0.5) is 0 Å². The van der Waals surface area contributed by atoms with Crippen LogP contribution in [0.5, 0.6) is 0 Å². The topological polar surface area (TPSA) is 41.4 Å². The summed E-state index contributed by atoms with van der Waals surface area (Å²) < 4.78 is 2.00. The van der Waals surface area contributed by atoms with Gasteiger partial charge in [-0.1, -0.05) is 18.1 Å². The normalized spacial score (nSPS) is 31.1. The molecule has 3 aliphatic heterocycles. The first-order valence-electron chi connectivity index (χ1n) is 11.6. The smallest absolute Gasteiger partial charge is 0.274 e. The fraction of sp³-hybridized carbons (Fsp3) is 0.583. The first kappa shape index (κ1) is 18.8. The molecule has 6 rings (SSSR count). The van der Waals surface area contributed by atoms with Gasteiger partial charge in [-0.2, -0.15) is 0 Å². The Morgan fingerprint density at radius 1 is 1.17 bits per heavy atom. The average Bonchev–Trinajstić information content (AvgIpc) is 3.43. The molecular formula is C24H30N4OS. The monoisotopic (exact) mass is 422 g/mol. The van der Waals surface area contributed by atoms with Crippen molar-refractivity contribution >= 4 is 17.2 Å². The summed E-state index contributed by atoms with van der Waals surface area (Å²) in [7, 11) is 0. The molecule has 4 unspecified atom stereocenters. The molecule has 0 saturated carbocycles. The maximum atomic E-state index is 13.7. The Morgan fingerprint density at radius 2 is 2.03 bits per heavy atom. The second-order valence-corrected chi connectivity index (χ2v) is 10.7. The molecule has 3 fully saturated rings. The van der Waals surface area contributed by atoms with Crippen molar-refractivity contribution in [3.63, 3.8) is 0 Å². The molecule has 158 valence electrons. The third kappa shape index (κ3) is 2.99. The molecule has 1 amide bonds. The van der Waals surface area contributed by atoms with Crippen LogP contribution in [-0.2, 0) is 0 Å². The molecule has 2 aromatic rings. The van der Waals surface area contributed by atoms with Crippen molar-refractivity contribution in [1.82, 2.24) is 19.4 Å². The number of fused-ring (bicyclic) bond motifs is 6. The minimum Gasteiger partial charge on any atom is -0.330 e. The highest BCUT2D eigenvalue weighted by atomic mass is 32.1.